The number of hydrogen-bond donors (Lipinski definition) is 2. The van der Waals surface area contributed by atoms with E-state index in [-0.39, 0.29) is 34.4 Å². The minimum atomic E-state index is -0.755. The first-order valence-electron chi connectivity index (χ1n) is 8.31. The number of nitro groups is 1. The van der Waals surface area contributed by atoms with Crippen molar-refractivity contribution in [2.24, 2.45) is 5.73 Å². The molecule has 1 heterocycles. The molecule has 0 aromatic heterocycles. The summed E-state index contributed by atoms with van der Waals surface area (Å²) in [6, 6.07) is 9.35. The third kappa shape index (κ3) is 4.52. The number of fused-ring (bicyclic) bond motifs is 1. The molecule has 1 aliphatic rings. The van der Waals surface area contributed by atoms with E-state index in [2.05, 4.69) is 5.32 Å². The smallest absolute Gasteiger partial charge is 0.283 e. The predicted octanol–water partition coefficient (Wildman–Crippen LogP) is 1.87. The second-order valence-corrected chi connectivity index (χ2v) is 6.83. The second-order valence-electron chi connectivity index (χ2n) is 5.81. The van der Waals surface area contributed by atoms with Crippen LogP contribution >= 0.6 is 11.8 Å². The van der Waals surface area contributed by atoms with Crippen LogP contribution in [-0.2, 0) is 11.3 Å². The number of nitrogens with one attached hydrogen (secondary N) is 1. The number of carbonyl (C=O) groups excluding carboxylic acids is 2. The molecule has 9 nitrogen and oxygen atoms in total. The summed E-state index contributed by atoms with van der Waals surface area (Å²) in [4.78, 5) is 34.2. The van der Waals surface area contributed by atoms with Gasteiger partial charge in [-0.2, -0.15) is 0 Å². The normalized spacial score (nSPS) is 12.3. The van der Waals surface area contributed by atoms with E-state index in [0.717, 1.165) is 23.4 Å². The van der Waals surface area contributed by atoms with Gasteiger partial charge in [0.15, 0.2) is 11.5 Å². The average molecular weight is 403 g/mol. The molecule has 0 radical (unpaired) electrons. The zero-order valence-electron chi connectivity index (χ0n) is 14.7. The molecule has 3 rings (SSSR count). The van der Waals surface area contributed by atoms with Crippen LogP contribution in [0.3, 0.4) is 0 Å². The van der Waals surface area contributed by atoms with Gasteiger partial charge in [-0.1, -0.05) is 12.1 Å². The number of thioether (sulfide) groups is 1. The van der Waals surface area contributed by atoms with Gasteiger partial charge in [0.2, 0.25) is 11.8 Å². The molecule has 1 aliphatic heterocycles. The minimum Gasteiger partial charge on any atom is -0.486 e. The summed E-state index contributed by atoms with van der Waals surface area (Å²) < 4.78 is 11.1. The monoisotopic (exact) mass is 403 g/mol. The highest BCUT2D eigenvalue weighted by atomic mass is 32.2. The van der Waals surface area contributed by atoms with Crippen molar-refractivity contribution in [1.29, 1.82) is 0 Å². The summed E-state index contributed by atoms with van der Waals surface area (Å²) in [6.45, 7) is 1.17. The van der Waals surface area contributed by atoms with Gasteiger partial charge in [-0.15, -0.1) is 11.8 Å². The number of hydrogen-bond acceptors (Lipinski definition) is 7. The Bertz CT molecular complexity index is 934. The number of rotatable bonds is 7. The Morgan fingerprint density at radius 2 is 2.00 bits per heavy atom. The van der Waals surface area contributed by atoms with Crippen molar-refractivity contribution >= 4 is 29.3 Å². The Hall–Kier alpha value is -3.27. The fourth-order valence-electron chi connectivity index (χ4n) is 2.60. The number of nitrogens with two attached hydrogens (primary N) is 1. The first-order valence-corrected chi connectivity index (χ1v) is 9.29. The van der Waals surface area contributed by atoms with Gasteiger partial charge in [0.1, 0.15) is 13.2 Å². The van der Waals surface area contributed by atoms with Crippen molar-refractivity contribution in [2.45, 2.75) is 11.4 Å². The van der Waals surface area contributed by atoms with Crippen molar-refractivity contribution in [3.05, 3.63) is 57.6 Å². The summed E-state index contributed by atoms with van der Waals surface area (Å²) in [5.41, 5.74) is 5.70. The lowest BCUT2D eigenvalue weighted by Gasteiger charge is -2.21. The van der Waals surface area contributed by atoms with Crippen molar-refractivity contribution in [3.8, 4) is 11.5 Å². The number of para-hydroxylation sites is 1. The number of ether oxygens (including phenoxy) is 2. The van der Waals surface area contributed by atoms with Gasteiger partial charge in [0, 0.05) is 23.7 Å². The molecule has 3 N–H and O–H groups in total. The molecule has 0 saturated heterocycles. The highest BCUT2D eigenvalue weighted by Crippen LogP contribution is 2.33. The lowest BCUT2D eigenvalue weighted by Crippen LogP contribution is -2.25. The number of benzene rings is 2. The number of nitro benzene ring substituents is 1. The lowest BCUT2D eigenvalue weighted by molar-refractivity contribution is -0.387. The Balaban J connectivity index is 1.61. The van der Waals surface area contributed by atoms with E-state index in [9.17, 15) is 19.7 Å². The van der Waals surface area contributed by atoms with E-state index in [1.54, 1.807) is 6.07 Å². The van der Waals surface area contributed by atoms with Crippen LogP contribution in [0.1, 0.15) is 15.9 Å². The zero-order valence-corrected chi connectivity index (χ0v) is 15.5. The molecule has 2 amide bonds. The van der Waals surface area contributed by atoms with Gasteiger partial charge in [-0.25, -0.2) is 0 Å². The number of amides is 2. The maximum atomic E-state index is 12.2. The van der Waals surface area contributed by atoms with Gasteiger partial charge >= 0.3 is 0 Å². The molecule has 0 bridgehead atoms. The minimum absolute atomic E-state index is 0.0247. The highest BCUT2D eigenvalue weighted by Gasteiger charge is 2.19. The molecule has 146 valence electrons. The van der Waals surface area contributed by atoms with Crippen LogP contribution < -0.4 is 20.5 Å². The van der Waals surface area contributed by atoms with Gasteiger partial charge in [0.25, 0.3) is 5.69 Å². The average Bonchev–Trinajstić information content (AvgIpc) is 2.70. The first kappa shape index (κ1) is 19.5. The number of primary amides is 1. The largest absolute Gasteiger partial charge is 0.486 e. The van der Waals surface area contributed by atoms with Crippen LogP contribution in [0, 0.1) is 10.1 Å². The SMILES string of the molecule is NC(=O)c1ccc(SCC(=O)NCc2cccc3c2OCCO3)c([N+](=O)[O-])c1. The maximum Gasteiger partial charge on any atom is 0.283 e. The fraction of sp³-hybridized carbons (Fsp3) is 0.222. The topological polar surface area (TPSA) is 134 Å². The molecular weight excluding hydrogens is 386 g/mol. The summed E-state index contributed by atoms with van der Waals surface area (Å²) in [5, 5.41) is 14.0. The molecule has 28 heavy (non-hydrogen) atoms. The van der Waals surface area contributed by atoms with Crippen molar-refractivity contribution < 1.29 is 24.0 Å². The predicted molar refractivity (Wildman–Crippen MR) is 102 cm³/mol. The van der Waals surface area contributed by atoms with Crippen LogP contribution in [0.2, 0.25) is 0 Å². The van der Waals surface area contributed by atoms with Crippen molar-refractivity contribution in [2.75, 3.05) is 19.0 Å². The molecular formula is C18H17N3O6S. The third-order valence-corrected chi connectivity index (χ3v) is 4.99. The Labute approximate surface area is 164 Å². The van der Waals surface area contributed by atoms with E-state index in [1.165, 1.54) is 12.1 Å². The fourth-order valence-corrected chi connectivity index (χ4v) is 3.43. The van der Waals surface area contributed by atoms with Gasteiger partial charge in [-0.3, -0.25) is 19.7 Å². The van der Waals surface area contributed by atoms with Crippen LogP contribution in [0.15, 0.2) is 41.3 Å². The van der Waals surface area contributed by atoms with Crippen LogP contribution in [-0.4, -0.2) is 35.7 Å². The van der Waals surface area contributed by atoms with Crippen LogP contribution in [0.25, 0.3) is 0 Å². The lowest BCUT2D eigenvalue weighted by atomic mass is 10.1. The molecule has 0 saturated carbocycles. The highest BCUT2D eigenvalue weighted by molar-refractivity contribution is 8.00. The molecule has 10 heteroatoms. The standard InChI is InChI=1S/C18H17N3O6S/c19-18(23)11-4-5-15(13(8-11)21(24)25)28-10-16(22)20-9-12-2-1-3-14-17(12)27-7-6-26-14/h1-5,8H,6-7,9-10H2,(H2,19,23)(H,20,22). The molecule has 0 atom stereocenters. The van der Waals surface area contributed by atoms with Crippen molar-refractivity contribution in [1.82, 2.24) is 5.32 Å². The maximum absolute atomic E-state index is 12.2. The Morgan fingerprint density at radius 1 is 1.21 bits per heavy atom. The molecule has 0 spiro atoms. The van der Waals surface area contributed by atoms with Gasteiger partial charge in [-0.05, 0) is 18.2 Å². The second kappa shape index (κ2) is 8.61. The van der Waals surface area contributed by atoms with Gasteiger partial charge in [0.05, 0.1) is 15.6 Å². The van der Waals surface area contributed by atoms with E-state index >= 15 is 0 Å². The van der Waals surface area contributed by atoms with E-state index in [1.807, 2.05) is 12.1 Å². The summed E-state index contributed by atoms with van der Waals surface area (Å²) in [6.07, 6.45) is 0. The van der Waals surface area contributed by atoms with E-state index < -0.39 is 10.8 Å². The molecule has 2 aromatic rings. The van der Waals surface area contributed by atoms with Gasteiger partial charge < -0.3 is 20.5 Å². The summed E-state index contributed by atoms with van der Waals surface area (Å²) in [5.74, 6) is 0.169. The van der Waals surface area contributed by atoms with E-state index in [4.69, 9.17) is 15.2 Å². The quantitative estimate of drug-likeness (QED) is 0.409. The molecule has 0 aliphatic carbocycles. The summed E-state index contributed by atoms with van der Waals surface area (Å²) >= 11 is 1.01. The number of nitrogens with zero attached hydrogens (tertiary/aromatic N) is 1. The Kier molecular flexibility index (Phi) is 5.99. The third-order valence-electron chi connectivity index (χ3n) is 3.92. The zero-order chi connectivity index (χ0) is 20.1. The molecule has 2 aromatic carbocycles. The molecule has 0 fully saturated rings. The van der Waals surface area contributed by atoms with Crippen molar-refractivity contribution in [3.63, 3.8) is 0 Å². The first-order chi connectivity index (χ1) is 13.5. The Morgan fingerprint density at radius 3 is 2.75 bits per heavy atom. The van der Waals surface area contributed by atoms with E-state index in [0.29, 0.717) is 24.7 Å². The van der Waals surface area contributed by atoms with Crippen LogP contribution in [0.4, 0.5) is 5.69 Å². The summed E-state index contributed by atoms with van der Waals surface area (Å²) in [7, 11) is 0. The van der Waals surface area contributed by atoms with Crippen LogP contribution in [0.5, 0.6) is 11.5 Å². The number of carbonyl (C=O) groups is 2. The molecule has 0 unspecified atom stereocenters.